The maximum atomic E-state index is 6.08. The van der Waals surface area contributed by atoms with E-state index in [4.69, 9.17) is 9.16 Å². The van der Waals surface area contributed by atoms with Gasteiger partial charge in [0.25, 0.3) is 0 Å². The minimum atomic E-state index is -1.81. The van der Waals surface area contributed by atoms with Crippen LogP contribution in [0.3, 0.4) is 0 Å². The van der Waals surface area contributed by atoms with E-state index < -0.39 is 8.32 Å². The molecular formula is C21H26O2Si. The van der Waals surface area contributed by atoms with Gasteiger partial charge in [0, 0.05) is 5.56 Å². The summed E-state index contributed by atoms with van der Waals surface area (Å²) in [5.41, 5.74) is 1.87. The molecule has 2 aromatic rings. The first kappa shape index (κ1) is 18.3. The Balaban J connectivity index is 2.06. The molecule has 0 bridgehead atoms. The molecular weight excluding hydrogens is 312 g/mol. The number of benzene rings is 2. The number of para-hydroxylation sites is 1. The van der Waals surface area contributed by atoms with Crippen molar-refractivity contribution in [3.05, 3.63) is 65.7 Å². The van der Waals surface area contributed by atoms with Gasteiger partial charge in [0.1, 0.15) is 5.75 Å². The van der Waals surface area contributed by atoms with Crippen LogP contribution >= 0.6 is 0 Å². The van der Waals surface area contributed by atoms with Crippen molar-refractivity contribution in [2.45, 2.75) is 38.9 Å². The van der Waals surface area contributed by atoms with Gasteiger partial charge in [-0.05, 0) is 42.4 Å². The predicted molar refractivity (Wildman–Crippen MR) is 103 cm³/mol. The van der Waals surface area contributed by atoms with Gasteiger partial charge < -0.3 is 9.16 Å². The van der Waals surface area contributed by atoms with Crippen LogP contribution in [0.15, 0.2) is 54.6 Å². The van der Waals surface area contributed by atoms with E-state index in [0.29, 0.717) is 0 Å². The SMILES string of the molecule is CC(C)(C)[Si](C)(C)OCOc1ccccc1C#Cc1ccccc1. The minimum absolute atomic E-state index is 0.170. The molecule has 0 heterocycles. The number of rotatable bonds is 4. The summed E-state index contributed by atoms with van der Waals surface area (Å²) in [4.78, 5) is 0. The molecule has 2 nitrogen and oxygen atoms in total. The average molecular weight is 339 g/mol. The highest BCUT2D eigenvalue weighted by molar-refractivity contribution is 6.74. The highest BCUT2D eigenvalue weighted by Crippen LogP contribution is 2.36. The van der Waals surface area contributed by atoms with Crippen molar-refractivity contribution >= 4 is 8.32 Å². The molecule has 24 heavy (non-hydrogen) atoms. The molecule has 2 rings (SSSR count). The van der Waals surface area contributed by atoms with E-state index in [-0.39, 0.29) is 11.8 Å². The quantitative estimate of drug-likeness (QED) is 0.419. The first-order chi connectivity index (χ1) is 11.3. The molecule has 0 spiro atoms. The van der Waals surface area contributed by atoms with Gasteiger partial charge in [-0.15, -0.1) is 0 Å². The molecule has 0 aromatic heterocycles. The largest absolute Gasteiger partial charge is 0.467 e. The Kier molecular flexibility index (Phi) is 5.88. The lowest BCUT2D eigenvalue weighted by Gasteiger charge is -2.35. The normalized spacial score (nSPS) is 11.5. The van der Waals surface area contributed by atoms with Crippen LogP contribution in [-0.2, 0) is 4.43 Å². The zero-order chi connectivity index (χ0) is 17.6. The molecule has 0 N–H and O–H groups in total. The summed E-state index contributed by atoms with van der Waals surface area (Å²) in [6, 6.07) is 17.8. The molecule has 0 fully saturated rings. The standard InChI is InChI=1S/C21H26O2Si/c1-21(2,3)24(4,5)23-17-22-20-14-10-9-13-19(20)16-15-18-11-7-6-8-12-18/h6-14H,17H2,1-5H3. The van der Waals surface area contributed by atoms with Crippen LogP contribution in [0.1, 0.15) is 31.9 Å². The van der Waals surface area contributed by atoms with Crippen molar-refractivity contribution in [1.82, 2.24) is 0 Å². The Labute approximate surface area is 147 Å². The van der Waals surface area contributed by atoms with Crippen LogP contribution in [0.2, 0.25) is 18.1 Å². The highest BCUT2D eigenvalue weighted by Gasteiger charge is 2.37. The molecule has 0 unspecified atom stereocenters. The number of hydrogen-bond acceptors (Lipinski definition) is 2. The smallest absolute Gasteiger partial charge is 0.196 e. The molecule has 0 aliphatic carbocycles. The Bertz CT molecular complexity index is 719. The minimum Gasteiger partial charge on any atom is -0.467 e. The Morgan fingerprint density at radius 2 is 1.50 bits per heavy atom. The van der Waals surface area contributed by atoms with Crippen molar-refractivity contribution in [3.63, 3.8) is 0 Å². The number of ether oxygens (including phenoxy) is 1. The monoisotopic (exact) mass is 338 g/mol. The van der Waals surface area contributed by atoms with E-state index in [2.05, 4.69) is 45.7 Å². The van der Waals surface area contributed by atoms with E-state index in [1.165, 1.54) is 0 Å². The van der Waals surface area contributed by atoms with Gasteiger partial charge in [-0.2, -0.15) is 0 Å². The second-order valence-electron chi connectivity index (χ2n) is 7.28. The summed E-state index contributed by atoms with van der Waals surface area (Å²) in [6.45, 7) is 11.4. The molecule has 3 heteroatoms. The molecule has 0 radical (unpaired) electrons. The van der Waals surface area contributed by atoms with Crippen LogP contribution in [0.5, 0.6) is 5.75 Å². The topological polar surface area (TPSA) is 18.5 Å². The third-order valence-electron chi connectivity index (χ3n) is 4.44. The second kappa shape index (κ2) is 7.70. The summed E-state index contributed by atoms with van der Waals surface area (Å²) in [7, 11) is -1.81. The van der Waals surface area contributed by atoms with Crippen LogP contribution in [0.4, 0.5) is 0 Å². The maximum Gasteiger partial charge on any atom is 0.196 e. The Hall–Kier alpha value is -2.02. The van der Waals surface area contributed by atoms with E-state index in [1.807, 2.05) is 54.6 Å². The Morgan fingerprint density at radius 3 is 2.17 bits per heavy atom. The summed E-state index contributed by atoms with van der Waals surface area (Å²) >= 11 is 0. The van der Waals surface area contributed by atoms with E-state index in [0.717, 1.165) is 16.9 Å². The van der Waals surface area contributed by atoms with Crippen molar-refractivity contribution in [1.29, 1.82) is 0 Å². The van der Waals surface area contributed by atoms with Crippen LogP contribution in [0.25, 0.3) is 0 Å². The lowest BCUT2D eigenvalue weighted by molar-refractivity contribution is 0.106. The van der Waals surface area contributed by atoms with Crippen molar-refractivity contribution in [2.75, 3.05) is 6.79 Å². The summed E-state index contributed by atoms with van der Waals surface area (Å²) < 4.78 is 12.0. The van der Waals surface area contributed by atoms with Crippen LogP contribution < -0.4 is 4.74 Å². The lowest BCUT2D eigenvalue weighted by atomic mass is 10.1. The third-order valence-corrected chi connectivity index (χ3v) is 8.89. The molecule has 126 valence electrons. The van der Waals surface area contributed by atoms with E-state index >= 15 is 0 Å². The van der Waals surface area contributed by atoms with Gasteiger partial charge in [-0.25, -0.2) is 0 Å². The molecule has 0 amide bonds. The second-order valence-corrected chi connectivity index (χ2v) is 12.1. The molecule has 0 aliphatic heterocycles. The fraction of sp³-hybridized carbons (Fsp3) is 0.333. The fourth-order valence-corrected chi connectivity index (χ4v) is 2.60. The number of hydrogen-bond donors (Lipinski definition) is 0. The molecule has 0 aliphatic rings. The predicted octanol–water partition coefficient (Wildman–Crippen LogP) is 5.44. The zero-order valence-electron chi connectivity index (χ0n) is 15.2. The van der Waals surface area contributed by atoms with Crippen molar-refractivity contribution in [2.24, 2.45) is 0 Å². The first-order valence-corrected chi connectivity index (χ1v) is 11.1. The van der Waals surface area contributed by atoms with Gasteiger partial charge in [0.15, 0.2) is 15.1 Å². The van der Waals surface area contributed by atoms with Crippen LogP contribution in [0, 0.1) is 11.8 Å². The molecule has 2 aromatic carbocycles. The van der Waals surface area contributed by atoms with Gasteiger partial charge in [0.2, 0.25) is 0 Å². The van der Waals surface area contributed by atoms with Gasteiger partial charge in [-0.1, -0.05) is 62.9 Å². The highest BCUT2D eigenvalue weighted by atomic mass is 28.4. The molecule has 0 saturated heterocycles. The van der Waals surface area contributed by atoms with Gasteiger partial charge >= 0.3 is 0 Å². The molecule has 0 saturated carbocycles. The molecule has 0 atom stereocenters. The first-order valence-electron chi connectivity index (χ1n) is 8.22. The van der Waals surface area contributed by atoms with Gasteiger partial charge in [-0.3, -0.25) is 0 Å². The summed E-state index contributed by atoms with van der Waals surface area (Å²) in [5, 5.41) is 0.170. The van der Waals surface area contributed by atoms with Crippen molar-refractivity contribution in [3.8, 4) is 17.6 Å². The van der Waals surface area contributed by atoms with Crippen LogP contribution in [-0.4, -0.2) is 15.1 Å². The van der Waals surface area contributed by atoms with E-state index in [1.54, 1.807) is 0 Å². The maximum absolute atomic E-state index is 6.08. The Morgan fingerprint density at radius 1 is 0.875 bits per heavy atom. The lowest BCUT2D eigenvalue weighted by Crippen LogP contribution is -2.41. The zero-order valence-corrected chi connectivity index (χ0v) is 16.2. The fourth-order valence-electron chi connectivity index (χ4n) is 1.81. The average Bonchev–Trinajstić information content (AvgIpc) is 2.54. The van der Waals surface area contributed by atoms with Crippen molar-refractivity contribution < 1.29 is 9.16 Å². The third kappa shape index (κ3) is 4.99. The van der Waals surface area contributed by atoms with E-state index in [9.17, 15) is 0 Å². The summed E-state index contributed by atoms with van der Waals surface area (Å²) in [6.07, 6.45) is 0. The van der Waals surface area contributed by atoms with Gasteiger partial charge in [0.05, 0.1) is 5.56 Å². The summed E-state index contributed by atoms with van der Waals surface area (Å²) in [5.74, 6) is 7.12.